The molecule has 0 aliphatic carbocycles. The molecule has 4 aromatic carbocycles. The van der Waals surface area contributed by atoms with Crippen LogP contribution in [0.5, 0.6) is 0 Å². The lowest BCUT2D eigenvalue weighted by molar-refractivity contribution is 0.752. The van der Waals surface area contributed by atoms with E-state index >= 15 is 0 Å². The Balaban J connectivity index is 1.47. The summed E-state index contributed by atoms with van der Waals surface area (Å²) in [6, 6.07) is 37.3. The predicted molar refractivity (Wildman–Crippen MR) is 139 cm³/mol. The summed E-state index contributed by atoms with van der Waals surface area (Å²) in [7, 11) is 0. The number of nitrogens with zero attached hydrogens (tertiary/aromatic N) is 2. The molecule has 1 aliphatic rings. The van der Waals surface area contributed by atoms with Crippen LogP contribution < -0.4 is 10.6 Å². The number of aryl methyl sites for hydroxylation is 1. The molecular formula is C29H26N4. The average Bonchev–Trinajstić information content (AvgIpc) is 2.87. The Morgan fingerprint density at radius 2 is 1.27 bits per heavy atom. The van der Waals surface area contributed by atoms with Gasteiger partial charge < -0.3 is 10.6 Å². The minimum atomic E-state index is 0.0126. The number of para-hydroxylation sites is 2. The monoisotopic (exact) mass is 430 g/mol. The Morgan fingerprint density at radius 1 is 0.667 bits per heavy atom. The highest BCUT2D eigenvalue weighted by Gasteiger charge is 2.21. The van der Waals surface area contributed by atoms with Gasteiger partial charge in [0, 0.05) is 12.1 Å². The molecule has 4 nitrogen and oxygen atoms in total. The summed E-state index contributed by atoms with van der Waals surface area (Å²) in [4.78, 5) is 9.88. The van der Waals surface area contributed by atoms with Gasteiger partial charge in [0.25, 0.3) is 0 Å². The molecule has 0 saturated carbocycles. The lowest BCUT2D eigenvalue weighted by Gasteiger charge is -2.22. The van der Waals surface area contributed by atoms with Crippen molar-refractivity contribution in [2.45, 2.75) is 19.4 Å². The van der Waals surface area contributed by atoms with Crippen LogP contribution in [0.3, 0.4) is 0 Å². The van der Waals surface area contributed by atoms with Crippen molar-refractivity contribution in [3.63, 3.8) is 0 Å². The first-order chi connectivity index (χ1) is 16.2. The number of aliphatic imine (C=N–C) groups is 2. The minimum absolute atomic E-state index is 0.0126. The van der Waals surface area contributed by atoms with Gasteiger partial charge in [0.15, 0.2) is 0 Å². The van der Waals surface area contributed by atoms with Crippen LogP contribution >= 0.6 is 0 Å². The zero-order chi connectivity index (χ0) is 22.5. The lowest BCUT2D eigenvalue weighted by atomic mass is 9.97. The number of rotatable bonds is 5. The second-order valence-corrected chi connectivity index (χ2v) is 8.17. The number of hydrogen-bond acceptors (Lipinski definition) is 4. The Kier molecular flexibility index (Phi) is 5.98. The third-order valence-electron chi connectivity index (χ3n) is 5.70. The topological polar surface area (TPSA) is 48.8 Å². The summed E-state index contributed by atoms with van der Waals surface area (Å²) >= 11 is 0. The van der Waals surface area contributed by atoms with Gasteiger partial charge in [0.2, 0.25) is 5.96 Å². The maximum Gasteiger partial charge on any atom is 0.223 e. The van der Waals surface area contributed by atoms with Gasteiger partial charge in [-0.1, -0.05) is 90.5 Å². The predicted octanol–water partition coefficient (Wildman–Crippen LogP) is 7.14. The Labute approximate surface area is 194 Å². The highest BCUT2D eigenvalue weighted by atomic mass is 15.2. The third-order valence-corrected chi connectivity index (χ3v) is 5.70. The smallest absolute Gasteiger partial charge is 0.223 e. The molecule has 5 rings (SSSR count). The summed E-state index contributed by atoms with van der Waals surface area (Å²) in [5, 5.41) is 6.99. The standard InChI is InChI=1S/C29H26N4/c1-21-16-18-24(19-17-21)30-25-14-8-9-15-26(25)31-29-32-27(22-10-4-2-5-11-22)20-28(33-29)23-12-6-3-7-13-23/h2-19,27,30H,20H2,1H3,(H,31,32). The zero-order valence-electron chi connectivity index (χ0n) is 18.6. The second-order valence-electron chi connectivity index (χ2n) is 8.17. The minimum Gasteiger partial charge on any atom is -0.354 e. The van der Waals surface area contributed by atoms with Crippen molar-refractivity contribution < 1.29 is 0 Å². The van der Waals surface area contributed by atoms with Gasteiger partial charge in [-0.05, 0) is 42.3 Å². The molecule has 0 spiro atoms. The molecule has 1 atom stereocenters. The van der Waals surface area contributed by atoms with Gasteiger partial charge in [-0.2, -0.15) is 0 Å². The molecule has 0 fully saturated rings. The zero-order valence-corrected chi connectivity index (χ0v) is 18.6. The van der Waals surface area contributed by atoms with Gasteiger partial charge in [-0.25, -0.2) is 9.98 Å². The van der Waals surface area contributed by atoms with Crippen LogP contribution in [0, 0.1) is 6.92 Å². The molecule has 0 radical (unpaired) electrons. The quantitative estimate of drug-likeness (QED) is 0.353. The van der Waals surface area contributed by atoms with E-state index in [1.807, 2.05) is 30.3 Å². The van der Waals surface area contributed by atoms with Crippen molar-refractivity contribution in [3.8, 4) is 0 Å². The van der Waals surface area contributed by atoms with Crippen LogP contribution in [0.25, 0.3) is 0 Å². The number of anilines is 3. The lowest BCUT2D eigenvalue weighted by Crippen LogP contribution is -2.22. The second kappa shape index (κ2) is 9.53. The normalized spacial score (nSPS) is 15.4. The summed E-state index contributed by atoms with van der Waals surface area (Å²) in [6.45, 7) is 2.09. The van der Waals surface area contributed by atoms with Crippen molar-refractivity contribution in [1.29, 1.82) is 0 Å². The SMILES string of the molecule is Cc1ccc(Nc2ccccc2NC2=NC(c3ccccc3)CC(c3ccccc3)=N2)cc1. The van der Waals surface area contributed by atoms with Crippen LogP contribution in [0.15, 0.2) is 119 Å². The molecule has 33 heavy (non-hydrogen) atoms. The van der Waals surface area contributed by atoms with Crippen molar-refractivity contribution >= 4 is 28.7 Å². The van der Waals surface area contributed by atoms with Crippen molar-refractivity contribution in [2.75, 3.05) is 10.6 Å². The van der Waals surface area contributed by atoms with E-state index in [4.69, 9.17) is 9.98 Å². The van der Waals surface area contributed by atoms with Gasteiger partial charge in [-0.3, -0.25) is 0 Å². The molecule has 0 aromatic heterocycles. The molecule has 4 heteroatoms. The molecule has 0 bridgehead atoms. The average molecular weight is 431 g/mol. The molecule has 4 aromatic rings. The number of guanidine groups is 1. The van der Waals surface area contributed by atoms with Crippen molar-refractivity contribution in [2.24, 2.45) is 9.98 Å². The Bertz CT molecular complexity index is 1280. The van der Waals surface area contributed by atoms with E-state index in [9.17, 15) is 0 Å². The van der Waals surface area contributed by atoms with Crippen LogP contribution in [0.4, 0.5) is 17.1 Å². The summed E-state index contributed by atoms with van der Waals surface area (Å²) in [5.41, 5.74) is 7.52. The summed E-state index contributed by atoms with van der Waals surface area (Å²) < 4.78 is 0. The van der Waals surface area contributed by atoms with Crippen LogP contribution in [-0.2, 0) is 0 Å². The van der Waals surface area contributed by atoms with E-state index in [0.717, 1.165) is 34.8 Å². The van der Waals surface area contributed by atoms with Gasteiger partial charge in [0.1, 0.15) is 0 Å². The third kappa shape index (κ3) is 5.01. The Morgan fingerprint density at radius 3 is 1.97 bits per heavy atom. The molecule has 2 N–H and O–H groups in total. The van der Waals surface area contributed by atoms with Gasteiger partial charge in [0.05, 0.1) is 23.1 Å². The van der Waals surface area contributed by atoms with Gasteiger partial charge >= 0.3 is 0 Å². The van der Waals surface area contributed by atoms with Crippen molar-refractivity contribution in [1.82, 2.24) is 0 Å². The van der Waals surface area contributed by atoms with E-state index in [0.29, 0.717) is 5.96 Å². The van der Waals surface area contributed by atoms with Gasteiger partial charge in [-0.15, -0.1) is 0 Å². The fourth-order valence-electron chi connectivity index (χ4n) is 3.93. The largest absolute Gasteiger partial charge is 0.354 e. The van der Waals surface area contributed by atoms with Crippen LogP contribution in [0.2, 0.25) is 0 Å². The number of benzene rings is 4. The molecule has 1 aliphatic heterocycles. The van der Waals surface area contributed by atoms with E-state index < -0.39 is 0 Å². The number of nitrogens with one attached hydrogen (secondary N) is 2. The Hall–Kier alpha value is -4.18. The van der Waals surface area contributed by atoms with Crippen LogP contribution in [0.1, 0.15) is 29.2 Å². The molecule has 0 saturated heterocycles. The highest BCUT2D eigenvalue weighted by Crippen LogP contribution is 2.30. The molecule has 1 unspecified atom stereocenters. The first-order valence-electron chi connectivity index (χ1n) is 11.2. The van der Waals surface area contributed by atoms with E-state index in [2.05, 4.69) is 96.4 Å². The van der Waals surface area contributed by atoms with E-state index in [-0.39, 0.29) is 6.04 Å². The van der Waals surface area contributed by atoms with E-state index in [1.165, 1.54) is 11.1 Å². The number of hydrogen-bond donors (Lipinski definition) is 2. The van der Waals surface area contributed by atoms with E-state index in [1.54, 1.807) is 0 Å². The molecule has 0 amide bonds. The maximum atomic E-state index is 4.97. The van der Waals surface area contributed by atoms with Crippen molar-refractivity contribution in [3.05, 3.63) is 126 Å². The fourth-order valence-corrected chi connectivity index (χ4v) is 3.93. The first kappa shape index (κ1) is 20.7. The summed E-state index contributed by atoms with van der Waals surface area (Å²) in [5.74, 6) is 0.618. The molecule has 162 valence electrons. The van der Waals surface area contributed by atoms with Crippen LogP contribution in [-0.4, -0.2) is 11.7 Å². The molecule has 1 heterocycles. The molecular weight excluding hydrogens is 404 g/mol. The summed E-state index contributed by atoms with van der Waals surface area (Å²) in [6.07, 6.45) is 0.766. The first-order valence-corrected chi connectivity index (χ1v) is 11.2. The maximum absolute atomic E-state index is 4.97. The fraction of sp³-hybridized carbons (Fsp3) is 0.103. The highest BCUT2D eigenvalue weighted by molar-refractivity contribution is 6.12.